The van der Waals surface area contributed by atoms with Crippen LogP contribution in [0.5, 0.6) is 5.75 Å². The van der Waals surface area contributed by atoms with Crippen molar-refractivity contribution >= 4 is 11.4 Å². The van der Waals surface area contributed by atoms with Gasteiger partial charge in [0.2, 0.25) is 5.78 Å². The number of pyridine rings is 1. The quantitative estimate of drug-likeness (QED) is 0.643. The van der Waals surface area contributed by atoms with E-state index in [0.717, 1.165) is 12.3 Å². The minimum absolute atomic E-state index is 0.149. The third-order valence-electron chi connectivity index (χ3n) is 2.49. The van der Waals surface area contributed by atoms with Crippen molar-refractivity contribution in [3.63, 3.8) is 0 Å². The minimum atomic E-state index is -4.79. The number of ketones is 1. The second-order valence-electron chi connectivity index (χ2n) is 4.43. The first-order valence-corrected chi connectivity index (χ1v) is 5.88. The number of alkyl halides is 3. The van der Waals surface area contributed by atoms with E-state index in [4.69, 9.17) is 0 Å². The Balaban J connectivity index is 2.37. The maximum atomic E-state index is 12.2. The van der Waals surface area contributed by atoms with Crippen molar-refractivity contribution in [2.45, 2.75) is 6.36 Å². The van der Waals surface area contributed by atoms with Gasteiger partial charge in [-0.2, -0.15) is 0 Å². The molecule has 0 aromatic carbocycles. The van der Waals surface area contributed by atoms with Gasteiger partial charge in [-0.3, -0.25) is 9.20 Å². The van der Waals surface area contributed by atoms with Crippen molar-refractivity contribution in [3.05, 3.63) is 42.5 Å². The molecule has 2 heterocycles. The molecule has 0 spiro atoms. The molecule has 0 aliphatic carbocycles. The normalized spacial score (nSPS) is 12.0. The van der Waals surface area contributed by atoms with Gasteiger partial charge in [0.1, 0.15) is 17.1 Å². The van der Waals surface area contributed by atoms with Gasteiger partial charge in [0.05, 0.1) is 12.4 Å². The molecule has 0 radical (unpaired) electrons. The van der Waals surface area contributed by atoms with E-state index in [1.54, 1.807) is 19.0 Å². The fourth-order valence-electron chi connectivity index (χ4n) is 1.64. The lowest BCUT2D eigenvalue weighted by molar-refractivity contribution is -0.274. The summed E-state index contributed by atoms with van der Waals surface area (Å²) < 4.78 is 41.7. The van der Waals surface area contributed by atoms with Crippen LogP contribution in [-0.4, -0.2) is 40.5 Å². The van der Waals surface area contributed by atoms with Crippen LogP contribution in [0.1, 0.15) is 10.5 Å². The van der Waals surface area contributed by atoms with E-state index in [9.17, 15) is 18.0 Å². The van der Waals surface area contributed by atoms with Crippen LogP contribution < -0.4 is 4.74 Å². The number of nitrogens with zero attached hydrogens (tertiary/aromatic N) is 3. The summed E-state index contributed by atoms with van der Waals surface area (Å²) in [6, 6.07) is 2.48. The van der Waals surface area contributed by atoms with Gasteiger partial charge in [-0.05, 0) is 12.1 Å². The van der Waals surface area contributed by atoms with Crippen molar-refractivity contribution in [2.75, 3.05) is 14.1 Å². The summed E-state index contributed by atoms with van der Waals surface area (Å²) in [4.78, 5) is 17.6. The zero-order valence-electron chi connectivity index (χ0n) is 11.3. The molecule has 0 aliphatic rings. The van der Waals surface area contributed by atoms with E-state index in [1.165, 1.54) is 28.9 Å². The van der Waals surface area contributed by atoms with Crippen molar-refractivity contribution in [1.29, 1.82) is 0 Å². The second kappa shape index (κ2) is 5.47. The average Bonchev–Trinajstić information content (AvgIpc) is 2.77. The van der Waals surface area contributed by atoms with Crippen LogP contribution in [-0.2, 0) is 0 Å². The molecule has 0 N–H and O–H groups in total. The van der Waals surface area contributed by atoms with Crippen LogP contribution >= 0.6 is 0 Å². The molecule has 0 unspecified atom stereocenters. The number of allylic oxidation sites excluding steroid dienone is 1. The maximum Gasteiger partial charge on any atom is 0.573 e. The Morgan fingerprint density at radius 2 is 2.10 bits per heavy atom. The fourth-order valence-corrected chi connectivity index (χ4v) is 1.64. The van der Waals surface area contributed by atoms with E-state index in [1.807, 2.05) is 0 Å². The third-order valence-corrected chi connectivity index (χ3v) is 2.49. The van der Waals surface area contributed by atoms with Crippen molar-refractivity contribution < 1.29 is 22.7 Å². The lowest BCUT2D eigenvalue weighted by Crippen LogP contribution is -2.17. The second-order valence-corrected chi connectivity index (χ2v) is 4.43. The molecule has 8 heteroatoms. The molecule has 0 bridgehead atoms. The lowest BCUT2D eigenvalue weighted by atomic mass is 10.3. The number of ether oxygens (including phenoxy) is 1. The zero-order chi connectivity index (χ0) is 15.6. The number of fused-ring (bicyclic) bond motifs is 1. The van der Waals surface area contributed by atoms with Crippen LogP contribution in [0.15, 0.2) is 36.8 Å². The Hall–Kier alpha value is -2.51. The fraction of sp³-hybridized carbons (Fsp3) is 0.231. The molecule has 2 rings (SSSR count). The molecule has 2 aromatic rings. The van der Waals surface area contributed by atoms with Gasteiger partial charge < -0.3 is 9.64 Å². The monoisotopic (exact) mass is 299 g/mol. The molecule has 0 saturated heterocycles. The molecular weight excluding hydrogens is 287 g/mol. The number of aromatic nitrogens is 2. The summed E-state index contributed by atoms with van der Waals surface area (Å²) >= 11 is 0. The van der Waals surface area contributed by atoms with Crippen molar-refractivity contribution in [3.8, 4) is 5.75 Å². The van der Waals surface area contributed by atoms with Gasteiger partial charge in [0.15, 0.2) is 0 Å². The molecule has 0 fully saturated rings. The largest absolute Gasteiger partial charge is 0.573 e. The average molecular weight is 299 g/mol. The highest BCUT2D eigenvalue weighted by molar-refractivity contribution is 6.03. The Kier molecular flexibility index (Phi) is 3.88. The van der Waals surface area contributed by atoms with Crippen LogP contribution in [0, 0.1) is 0 Å². The van der Waals surface area contributed by atoms with Crippen LogP contribution in [0.2, 0.25) is 0 Å². The molecule has 0 saturated carbocycles. The Morgan fingerprint density at radius 1 is 1.38 bits per heavy atom. The van der Waals surface area contributed by atoms with E-state index < -0.39 is 12.1 Å². The summed E-state index contributed by atoms with van der Waals surface area (Å²) in [6.07, 6.45) is 0.434. The Labute approximate surface area is 118 Å². The van der Waals surface area contributed by atoms with E-state index in [-0.39, 0.29) is 11.5 Å². The van der Waals surface area contributed by atoms with E-state index in [2.05, 4.69) is 9.72 Å². The highest BCUT2D eigenvalue weighted by atomic mass is 19.4. The smallest absolute Gasteiger partial charge is 0.404 e. The van der Waals surface area contributed by atoms with Crippen LogP contribution in [0.4, 0.5) is 13.2 Å². The van der Waals surface area contributed by atoms with Gasteiger partial charge in [0.25, 0.3) is 0 Å². The SMILES string of the molecule is CN(C)C=CC(=O)c1cnc2ccc(OC(F)(F)F)cn12. The predicted octanol–water partition coefficient (Wildman–Crippen LogP) is 2.49. The molecule has 0 atom stereocenters. The number of carbonyl (C=O) groups is 1. The minimum Gasteiger partial charge on any atom is -0.404 e. The molecule has 5 nitrogen and oxygen atoms in total. The standard InChI is InChI=1S/C13H12F3N3O2/c1-18(2)6-5-11(20)10-7-17-12-4-3-9(8-19(10)12)21-13(14,15)16/h3-8H,1-2H3. The first-order valence-electron chi connectivity index (χ1n) is 5.88. The first-order chi connectivity index (χ1) is 9.76. The summed E-state index contributed by atoms with van der Waals surface area (Å²) in [7, 11) is 3.49. The van der Waals surface area contributed by atoms with Crippen molar-refractivity contribution in [2.24, 2.45) is 0 Å². The van der Waals surface area contributed by atoms with Gasteiger partial charge in [-0.15, -0.1) is 13.2 Å². The topological polar surface area (TPSA) is 46.8 Å². The molecule has 21 heavy (non-hydrogen) atoms. The first kappa shape index (κ1) is 14.9. The maximum absolute atomic E-state index is 12.2. The molecule has 2 aromatic heterocycles. The van der Waals surface area contributed by atoms with Gasteiger partial charge in [0, 0.05) is 26.4 Å². The van der Waals surface area contributed by atoms with Crippen LogP contribution in [0.25, 0.3) is 5.65 Å². The van der Waals surface area contributed by atoms with Crippen molar-refractivity contribution in [1.82, 2.24) is 14.3 Å². The summed E-state index contributed by atoms with van der Waals surface area (Å²) in [6.45, 7) is 0. The molecule has 112 valence electrons. The highest BCUT2D eigenvalue weighted by Crippen LogP contribution is 2.23. The highest BCUT2D eigenvalue weighted by Gasteiger charge is 2.31. The van der Waals surface area contributed by atoms with Gasteiger partial charge in [-0.1, -0.05) is 0 Å². The summed E-state index contributed by atoms with van der Waals surface area (Å²) in [5.41, 5.74) is 0.502. The van der Waals surface area contributed by atoms with E-state index >= 15 is 0 Å². The van der Waals surface area contributed by atoms with Gasteiger partial charge in [-0.25, -0.2) is 4.98 Å². The van der Waals surface area contributed by atoms with Crippen LogP contribution in [0.3, 0.4) is 0 Å². The number of rotatable bonds is 4. The summed E-state index contributed by atoms with van der Waals surface area (Å²) in [5, 5.41) is 0. The zero-order valence-corrected chi connectivity index (χ0v) is 11.3. The number of hydrogen-bond acceptors (Lipinski definition) is 4. The number of carbonyl (C=O) groups excluding carboxylic acids is 1. The molecule has 0 aliphatic heterocycles. The predicted molar refractivity (Wildman–Crippen MR) is 69.0 cm³/mol. The molecular formula is C13H12F3N3O2. The lowest BCUT2D eigenvalue weighted by Gasteiger charge is -2.09. The Bertz CT molecular complexity index is 690. The summed E-state index contributed by atoms with van der Waals surface area (Å²) in [5.74, 6) is -0.793. The van der Waals surface area contributed by atoms with Gasteiger partial charge >= 0.3 is 6.36 Å². The third kappa shape index (κ3) is 3.74. The van der Waals surface area contributed by atoms with E-state index in [0.29, 0.717) is 5.65 Å². The molecule has 0 amide bonds. The Morgan fingerprint density at radius 3 is 2.71 bits per heavy atom. The number of halogens is 3. The number of hydrogen-bond donors (Lipinski definition) is 0. The number of imidazole rings is 1.